The molecule has 1 aliphatic heterocycles. The van der Waals surface area contributed by atoms with Gasteiger partial charge in [-0.1, -0.05) is 6.42 Å². The van der Waals surface area contributed by atoms with Crippen LogP contribution >= 0.6 is 23.4 Å². The molecule has 3 rings (SSSR count). The molecule has 1 aromatic carbocycles. The Kier molecular flexibility index (Phi) is 4.17. The first-order chi connectivity index (χ1) is 9.70. The molecule has 0 amide bonds. The van der Waals surface area contributed by atoms with Gasteiger partial charge in [0.15, 0.2) is 11.6 Å². The van der Waals surface area contributed by atoms with Crippen LogP contribution < -0.4 is 0 Å². The van der Waals surface area contributed by atoms with Crippen LogP contribution in [0.4, 0.5) is 8.78 Å². The average molecular weight is 317 g/mol. The molecule has 0 radical (unpaired) electrons. The van der Waals surface area contributed by atoms with E-state index in [0.29, 0.717) is 23.1 Å². The van der Waals surface area contributed by atoms with Gasteiger partial charge in [0.1, 0.15) is 11.3 Å². The maximum atomic E-state index is 14.1. The number of nitrogens with zero attached hydrogens (tertiary/aromatic N) is 2. The van der Waals surface area contributed by atoms with Crippen LogP contribution in [0.1, 0.15) is 25.1 Å². The van der Waals surface area contributed by atoms with Gasteiger partial charge in [0.2, 0.25) is 0 Å². The summed E-state index contributed by atoms with van der Waals surface area (Å²) in [5.74, 6) is 0.276. The number of rotatable bonds is 3. The summed E-state index contributed by atoms with van der Waals surface area (Å²) in [6, 6.07) is 2.62. The van der Waals surface area contributed by atoms with Gasteiger partial charge in [0, 0.05) is 11.8 Å². The zero-order chi connectivity index (χ0) is 14.1. The fraction of sp³-hybridized carbons (Fsp3) is 0.500. The van der Waals surface area contributed by atoms with Crippen molar-refractivity contribution >= 4 is 34.4 Å². The monoisotopic (exact) mass is 316 g/mol. The molecule has 0 saturated carbocycles. The summed E-state index contributed by atoms with van der Waals surface area (Å²) in [5, 5.41) is 0.422. The largest absolute Gasteiger partial charge is 0.323 e. The van der Waals surface area contributed by atoms with Crippen molar-refractivity contribution in [3.05, 3.63) is 29.6 Å². The highest BCUT2D eigenvalue weighted by atomic mass is 35.5. The number of hydrogen-bond donors (Lipinski definition) is 0. The van der Waals surface area contributed by atoms with E-state index in [0.717, 1.165) is 18.2 Å². The Hall–Kier alpha value is -0.810. The predicted octanol–water partition coefficient (Wildman–Crippen LogP) is 4.34. The quantitative estimate of drug-likeness (QED) is 0.784. The van der Waals surface area contributed by atoms with Crippen molar-refractivity contribution in [2.75, 3.05) is 5.75 Å². The molecule has 0 aliphatic carbocycles. The van der Waals surface area contributed by atoms with E-state index in [1.165, 1.54) is 18.9 Å². The second kappa shape index (κ2) is 5.90. The van der Waals surface area contributed by atoms with Crippen LogP contribution in [0.15, 0.2) is 12.1 Å². The van der Waals surface area contributed by atoms with Gasteiger partial charge in [0.25, 0.3) is 0 Å². The highest BCUT2D eigenvalue weighted by Crippen LogP contribution is 2.29. The minimum Gasteiger partial charge on any atom is -0.323 e. The molecule has 6 heteroatoms. The van der Waals surface area contributed by atoms with Gasteiger partial charge in [-0.05, 0) is 30.7 Å². The molecule has 1 saturated heterocycles. The second-order valence-corrected chi connectivity index (χ2v) is 6.67. The Morgan fingerprint density at radius 1 is 1.35 bits per heavy atom. The Morgan fingerprint density at radius 2 is 2.20 bits per heavy atom. The van der Waals surface area contributed by atoms with Crippen LogP contribution in [-0.4, -0.2) is 20.6 Å². The number of fused-ring (bicyclic) bond motifs is 1. The van der Waals surface area contributed by atoms with E-state index in [4.69, 9.17) is 11.6 Å². The van der Waals surface area contributed by atoms with E-state index >= 15 is 0 Å². The Labute approximate surface area is 125 Å². The van der Waals surface area contributed by atoms with Crippen molar-refractivity contribution in [2.45, 2.75) is 36.9 Å². The van der Waals surface area contributed by atoms with Gasteiger partial charge in [-0.3, -0.25) is 0 Å². The molecular weight excluding hydrogens is 302 g/mol. The third-order valence-corrected chi connectivity index (χ3v) is 5.28. The van der Waals surface area contributed by atoms with Crippen LogP contribution in [0, 0.1) is 11.6 Å². The minimum atomic E-state index is -0.837. The SMILES string of the molecule is Fc1ccc2nc(CCl)n(CC3CCCCS3)c2c1F. The summed E-state index contributed by atoms with van der Waals surface area (Å²) >= 11 is 7.80. The average Bonchev–Trinajstić information content (AvgIpc) is 2.83. The van der Waals surface area contributed by atoms with Gasteiger partial charge in [-0.25, -0.2) is 13.8 Å². The number of thioether (sulfide) groups is 1. The maximum absolute atomic E-state index is 14.1. The number of alkyl halides is 1. The van der Waals surface area contributed by atoms with Crippen molar-refractivity contribution in [2.24, 2.45) is 0 Å². The van der Waals surface area contributed by atoms with E-state index in [-0.39, 0.29) is 11.4 Å². The van der Waals surface area contributed by atoms with Gasteiger partial charge in [0.05, 0.1) is 11.4 Å². The Morgan fingerprint density at radius 3 is 2.90 bits per heavy atom. The highest BCUT2D eigenvalue weighted by Gasteiger charge is 2.21. The molecular formula is C14H15ClF2N2S. The number of halogens is 3. The first-order valence-electron chi connectivity index (χ1n) is 6.71. The lowest BCUT2D eigenvalue weighted by Gasteiger charge is -2.22. The van der Waals surface area contributed by atoms with Crippen molar-refractivity contribution < 1.29 is 8.78 Å². The standard InChI is InChI=1S/C14H15ClF2N2S/c15-7-12-18-11-5-4-10(16)13(17)14(11)19(12)8-9-3-1-2-6-20-9/h4-5,9H,1-3,6-8H2. The smallest absolute Gasteiger partial charge is 0.184 e. The lowest BCUT2D eigenvalue weighted by Crippen LogP contribution is -2.18. The lowest BCUT2D eigenvalue weighted by molar-refractivity contribution is 0.507. The second-order valence-electron chi connectivity index (χ2n) is 4.99. The third kappa shape index (κ3) is 2.53. The predicted molar refractivity (Wildman–Crippen MR) is 79.3 cm³/mol. The molecule has 1 aromatic heterocycles. The van der Waals surface area contributed by atoms with Gasteiger partial charge in [-0.2, -0.15) is 11.8 Å². The lowest BCUT2D eigenvalue weighted by atomic mass is 10.2. The fourth-order valence-electron chi connectivity index (χ4n) is 2.66. The van der Waals surface area contributed by atoms with Crippen molar-refractivity contribution in [1.82, 2.24) is 9.55 Å². The summed E-state index contributed by atoms with van der Waals surface area (Å²) in [6.45, 7) is 0.642. The topological polar surface area (TPSA) is 17.8 Å². The van der Waals surface area contributed by atoms with E-state index in [2.05, 4.69) is 4.98 Å². The zero-order valence-corrected chi connectivity index (χ0v) is 12.5. The molecule has 20 heavy (non-hydrogen) atoms. The molecule has 1 fully saturated rings. The molecule has 1 unspecified atom stereocenters. The summed E-state index contributed by atoms with van der Waals surface area (Å²) in [4.78, 5) is 4.31. The molecule has 0 spiro atoms. The maximum Gasteiger partial charge on any atom is 0.184 e. The number of aromatic nitrogens is 2. The van der Waals surface area contributed by atoms with E-state index in [9.17, 15) is 8.78 Å². The molecule has 0 N–H and O–H groups in total. The molecule has 0 bridgehead atoms. The molecule has 1 atom stereocenters. The first-order valence-corrected chi connectivity index (χ1v) is 8.29. The van der Waals surface area contributed by atoms with Crippen molar-refractivity contribution in [3.63, 3.8) is 0 Å². The van der Waals surface area contributed by atoms with Crippen LogP contribution in [0.5, 0.6) is 0 Å². The third-order valence-electron chi connectivity index (χ3n) is 3.66. The van der Waals surface area contributed by atoms with Gasteiger partial charge < -0.3 is 4.57 Å². The van der Waals surface area contributed by atoms with Crippen LogP contribution in [0.2, 0.25) is 0 Å². The Balaban J connectivity index is 2.04. The zero-order valence-electron chi connectivity index (χ0n) is 10.9. The molecule has 2 aromatic rings. The van der Waals surface area contributed by atoms with E-state index < -0.39 is 11.6 Å². The minimum absolute atomic E-state index is 0.202. The van der Waals surface area contributed by atoms with E-state index in [1.54, 1.807) is 4.57 Å². The number of imidazole rings is 1. The molecule has 108 valence electrons. The number of hydrogen-bond acceptors (Lipinski definition) is 2. The fourth-order valence-corrected chi connectivity index (χ4v) is 4.15. The highest BCUT2D eigenvalue weighted by molar-refractivity contribution is 7.99. The van der Waals surface area contributed by atoms with Crippen molar-refractivity contribution in [1.29, 1.82) is 0 Å². The van der Waals surface area contributed by atoms with Crippen molar-refractivity contribution in [3.8, 4) is 0 Å². The summed E-state index contributed by atoms with van der Waals surface area (Å²) in [5.41, 5.74) is 0.715. The van der Waals surface area contributed by atoms with Gasteiger partial charge >= 0.3 is 0 Å². The van der Waals surface area contributed by atoms with Crippen LogP contribution in [0.3, 0.4) is 0 Å². The normalized spacial score (nSPS) is 19.6. The first kappa shape index (κ1) is 14.1. The number of benzene rings is 1. The molecule has 2 heterocycles. The summed E-state index contributed by atoms with van der Waals surface area (Å²) in [7, 11) is 0. The summed E-state index contributed by atoms with van der Waals surface area (Å²) < 4.78 is 29.3. The van der Waals surface area contributed by atoms with Crippen LogP contribution in [0.25, 0.3) is 11.0 Å². The van der Waals surface area contributed by atoms with E-state index in [1.807, 2.05) is 11.8 Å². The van der Waals surface area contributed by atoms with Gasteiger partial charge in [-0.15, -0.1) is 11.6 Å². The van der Waals surface area contributed by atoms with Crippen LogP contribution in [-0.2, 0) is 12.4 Å². The Bertz CT molecular complexity index is 623. The summed E-state index contributed by atoms with van der Waals surface area (Å²) in [6.07, 6.45) is 3.53. The molecule has 2 nitrogen and oxygen atoms in total. The molecule has 1 aliphatic rings.